The number of para-hydroxylation sites is 1. The van der Waals surface area contributed by atoms with E-state index in [4.69, 9.17) is 0 Å². The van der Waals surface area contributed by atoms with E-state index in [2.05, 4.69) is 5.32 Å². The second-order valence-corrected chi connectivity index (χ2v) is 9.27. The highest BCUT2D eigenvalue weighted by Crippen LogP contribution is 2.27. The van der Waals surface area contributed by atoms with Crippen molar-refractivity contribution in [2.45, 2.75) is 4.90 Å². The molecule has 0 aliphatic rings. The highest BCUT2D eigenvalue weighted by Gasteiger charge is 2.23. The molecular weight excluding hydrogens is 408 g/mol. The summed E-state index contributed by atoms with van der Waals surface area (Å²) in [5.74, 6) is -0.407. The SMILES string of the molecule is CN(CC(=O)Nc1ccccc1-c1ccccc1)S(=O)(=O)c1ccc2ccccc2c1. The fourth-order valence-electron chi connectivity index (χ4n) is 3.45. The standard InChI is InChI=1S/C25H22N2O3S/c1-27(31(29,30)22-16-15-19-9-5-6-12-21(19)17-22)18-25(28)26-24-14-8-7-13-23(24)20-10-3-2-4-11-20/h2-17H,18H2,1H3,(H,26,28). The summed E-state index contributed by atoms with van der Waals surface area (Å²) in [6.45, 7) is -0.293. The Kier molecular flexibility index (Phi) is 5.84. The molecule has 4 aromatic rings. The first-order valence-electron chi connectivity index (χ1n) is 9.84. The summed E-state index contributed by atoms with van der Waals surface area (Å²) in [7, 11) is -2.40. The molecule has 31 heavy (non-hydrogen) atoms. The predicted octanol–water partition coefficient (Wildman–Crippen LogP) is 4.77. The number of hydrogen-bond acceptors (Lipinski definition) is 3. The van der Waals surface area contributed by atoms with Crippen molar-refractivity contribution in [3.05, 3.63) is 97.1 Å². The lowest BCUT2D eigenvalue weighted by Crippen LogP contribution is -2.35. The Morgan fingerprint density at radius 3 is 2.23 bits per heavy atom. The van der Waals surface area contributed by atoms with Crippen LogP contribution in [-0.4, -0.2) is 32.2 Å². The molecular formula is C25H22N2O3S. The minimum atomic E-state index is -3.81. The number of nitrogens with zero attached hydrogens (tertiary/aromatic N) is 1. The Balaban J connectivity index is 1.52. The molecule has 4 aromatic carbocycles. The molecule has 0 radical (unpaired) electrons. The third-order valence-corrected chi connectivity index (χ3v) is 6.88. The van der Waals surface area contributed by atoms with Crippen LogP contribution in [0.3, 0.4) is 0 Å². The van der Waals surface area contributed by atoms with Gasteiger partial charge in [0.25, 0.3) is 0 Å². The van der Waals surface area contributed by atoms with Gasteiger partial charge in [-0.1, -0.05) is 78.9 Å². The second kappa shape index (κ2) is 8.71. The quantitative estimate of drug-likeness (QED) is 0.479. The zero-order chi connectivity index (χ0) is 21.8. The van der Waals surface area contributed by atoms with Gasteiger partial charge in [0.15, 0.2) is 0 Å². The van der Waals surface area contributed by atoms with Crippen LogP contribution in [0.2, 0.25) is 0 Å². The molecule has 156 valence electrons. The number of likely N-dealkylation sites (N-methyl/N-ethyl adjacent to an activating group) is 1. The molecule has 0 spiro atoms. The lowest BCUT2D eigenvalue weighted by Gasteiger charge is -2.18. The van der Waals surface area contributed by atoms with Crippen LogP contribution in [0, 0.1) is 0 Å². The van der Waals surface area contributed by atoms with E-state index in [-0.39, 0.29) is 11.4 Å². The number of rotatable bonds is 6. The minimum absolute atomic E-state index is 0.159. The fourth-order valence-corrected chi connectivity index (χ4v) is 4.61. The van der Waals surface area contributed by atoms with Crippen LogP contribution < -0.4 is 5.32 Å². The van der Waals surface area contributed by atoms with Gasteiger partial charge in [-0.15, -0.1) is 0 Å². The Bertz CT molecular complexity index is 1340. The first kappa shape index (κ1) is 20.8. The van der Waals surface area contributed by atoms with E-state index in [1.807, 2.05) is 72.8 Å². The number of carbonyl (C=O) groups excluding carboxylic acids is 1. The molecule has 0 saturated heterocycles. The van der Waals surface area contributed by atoms with E-state index in [1.165, 1.54) is 7.05 Å². The van der Waals surface area contributed by atoms with E-state index in [0.717, 1.165) is 26.2 Å². The maximum atomic E-state index is 13.0. The zero-order valence-electron chi connectivity index (χ0n) is 17.0. The zero-order valence-corrected chi connectivity index (χ0v) is 17.8. The van der Waals surface area contributed by atoms with Gasteiger partial charge < -0.3 is 5.32 Å². The van der Waals surface area contributed by atoms with Crippen LogP contribution in [0.1, 0.15) is 0 Å². The van der Waals surface area contributed by atoms with Gasteiger partial charge in [0.1, 0.15) is 0 Å². The van der Waals surface area contributed by atoms with Gasteiger partial charge in [0.2, 0.25) is 15.9 Å². The van der Waals surface area contributed by atoms with Crippen molar-refractivity contribution in [3.8, 4) is 11.1 Å². The van der Waals surface area contributed by atoms with Crippen LogP contribution in [0.25, 0.3) is 21.9 Å². The van der Waals surface area contributed by atoms with Gasteiger partial charge >= 0.3 is 0 Å². The van der Waals surface area contributed by atoms with Crippen LogP contribution in [0.5, 0.6) is 0 Å². The molecule has 0 atom stereocenters. The molecule has 0 bridgehead atoms. The first-order valence-corrected chi connectivity index (χ1v) is 11.3. The average Bonchev–Trinajstić information content (AvgIpc) is 2.79. The largest absolute Gasteiger partial charge is 0.324 e. The van der Waals surface area contributed by atoms with E-state index >= 15 is 0 Å². The van der Waals surface area contributed by atoms with Crippen molar-refractivity contribution in [2.24, 2.45) is 0 Å². The molecule has 0 aromatic heterocycles. The number of hydrogen-bond donors (Lipinski definition) is 1. The Labute approximate surface area is 182 Å². The monoisotopic (exact) mass is 430 g/mol. The predicted molar refractivity (Wildman–Crippen MR) is 124 cm³/mol. The number of anilines is 1. The molecule has 1 N–H and O–H groups in total. The maximum Gasteiger partial charge on any atom is 0.243 e. The van der Waals surface area contributed by atoms with E-state index in [9.17, 15) is 13.2 Å². The molecule has 0 unspecified atom stereocenters. The number of carbonyl (C=O) groups is 1. The molecule has 0 saturated carbocycles. The van der Waals surface area contributed by atoms with E-state index in [1.54, 1.807) is 24.3 Å². The molecule has 0 aliphatic heterocycles. The summed E-state index contributed by atoms with van der Waals surface area (Å²) < 4.78 is 27.1. The summed E-state index contributed by atoms with van der Waals surface area (Å²) in [5.41, 5.74) is 2.47. The van der Waals surface area contributed by atoms with Crippen LogP contribution in [0.15, 0.2) is 102 Å². The number of fused-ring (bicyclic) bond motifs is 1. The van der Waals surface area contributed by atoms with Gasteiger partial charge in [-0.25, -0.2) is 8.42 Å². The van der Waals surface area contributed by atoms with Crippen LogP contribution in [-0.2, 0) is 14.8 Å². The van der Waals surface area contributed by atoms with Crippen LogP contribution in [0.4, 0.5) is 5.69 Å². The van der Waals surface area contributed by atoms with Crippen molar-refractivity contribution >= 4 is 32.4 Å². The highest BCUT2D eigenvalue weighted by molar-refractivity contribution is 7.89. The number of sulfonamides is 1. The second-order valence-electron chi connectivity index (χ2n) is 7.23. The maximum absolute atomic E-state index is 13.0. The van der Waals surface area contributed by atoms with Crippen molar-refractivity contribution in [2.75, 3.05) is 18.9 Å². The molecule has 6 heteroatoms. The number of amides is 1. The Morgan fingerprint density at radius 1 is 0.806 bits per heavy atom. The van der Waals surface area contributed by atoms with Crippen molar-refractivity contribution < 1.29 is 13.2 Å². The van der Waals surface area contributed by atoms with E-state index in [0.29, 0.717) is 5.69 Å². The summed E-state index contributed by atoms with van der Waals surface area (Å²) >= 11 is 0. The van der Waals surface area contributed by atoms with E-state index < -0.39 is 15.9 Å². The third-order valence-electron chi connectivity index (χ3n) is 5.08. The van der Waals surface area contributed by atoms with Gasteiger partial charge in [-0.3, -0.25) is 4.79 Å². The molecule has 0 fully saturated rings. The smallest absolute Gasteiger partial charge is 0.243 e. The molecule has 4 rings (SSSR count). The minimum Gasteiger partial charge on any atom is -0.324 e. The fraction of sp³-hybridized carbons (Fsp3) is 0.0800. The molecule has 1 amide bonds. The summed E-state index contributed by atoms with van der Waals surface area (Å²) in [5, 5.41) is 4.64. The summed E-state index contributed by atoms with van der Waals surface area (Å²) in [4.78, 5) is 12.8. The van der Waals surface area contributed by atoms with Gasteiger partial charge in [0.05, 0.1) is 11.4 Å². The van der Waals surface area contributed by atoms with Gasteiger partial charge in [0, 0.05) is 18.3 Å². The first-order chi connectivity index (χ1) is 14.9. The number of nitrogens with one attached hydrogen (secondary N) is 1. The van der Waals surface area contributed by atoms with Crippen molar-refractivity contribution in [1.82, 2.24) is 4.31 Å². The van der Waals surface area contributed by atoms with Crippen molar-refractivity contribution in [3.63, 3.8) is 0 Å². The van der Waals surface area contributed by atoms with Crippen molar-refractivity contribution in [1.29, 1.82) is 0 Å². The lowest BCUT2D eigenvalue weighted by atomic mass is 10.0. The Morgan fingerprint density at radius 2 is 1.45 bits per heavy atom. The normalized spacial score (nSPS) is 11.5. The highest BCUT2D eigenvalue weighted by atomic mass is 32.2. The van der Waals surface area contributed by atoms with Gasteiger partial charge in [-0.2, -0.15) is 4.31 Å². The lowest BCUT2D eigenvalue weighted by molar-refractivity contribution is -0.116. The summed E-state index contributed by atoms with van der Waals surface area (Å²) in [6, 6.07) is 29.7. The topological polar surface area (TPSA) is 66.5 Å². The Hall–Kier alpha value is -3.48. The number of benzene rings is 4. The van der Waals surface area contributed by atoms with Crippen LogP contribution >= 0.6 is 0 Å². The molecule has 0 heterocycles. The van der Waals surface area contributed by atoms with Gasteiger partial charge in [-0.05, 0) is 34.5 Å². The summed E-state index contributed by atoms with van der Waals surface area (Å²) in [6.07, 6.45) is 0. The average molecular weight is 431 g/mol. The third kappa shape index (κ3) is 4.50. The molecule has 0 aliphatic carbocycles. The molecule has 5 nitrogen and oxygen atoms in total.